The fourth-order valence-corrected chi connectivity index (χ4v) is 2.83. The quantitative estimate of drug-likeness (QED) is 0.691. The van der Waals surface area contributed by atoms with Gasteiger partial charge in [0.05, 0.1) is 31.8 Å². The number of nitrogens with two attached hydrogens (primary N) is 1. The molecule has 0 bridgehead atoms. The molecule has 0 radical (unpaired) electrons. The zero-order valence-corrected chi connectivity index (χ0v) is 15.4. The molecule has 0 amide bonds. The fourth-order valence-electron chi connectivity index (χ4n) is 2.83. The number of rotatable bonds is 7. The fraction of sp³-hybridized carbons (Fsp3) is 0.368. The molecule has 1 unspecified atom stereocenters. The first kappa shape index (κ1) is 20.1. The molecule has 1 aromatic carbocycles. The van der Waals surface area contributed by atoms with E-state index >= 15 is 0 Å². The number of esters is 1. The van der Waals surface area contributed by atoms with E-state index in [2.05, 4.69) is 0 Å². The van der Waals surface area contributed by atoms with Crippen molar-refractivity contribution in [2.24, 2.45) is 5.73 Å². The van der Waals surface area contributed by atoms with Gasteiger partial charge in [-0.1, -0.05) is 6.07 Å². The molecule has 3 N–H and O–H groups in total. The summed E-state index contributed by atoms with van der Waals surface area (Å²) in [6, 6.07) is 7.01. The maximum absolute atomic E-state index is 12.5. The number of hydrogen-bond acceptors (Lipinski definition) is 8. The number of hydrogen-bond donors (Lipinski definition) is 2. The standard InChI is InChI=1S/C19H22N2O6/c1-4-25-19(23)16-11(2)27-18(21)13(10-20)17(16)12-5-6-14(26-8-7-22)15(9-12)24-3/h5-6,9,17,22H,4,7-8,21H2,1-3H3. The largest absolute Gasteiger partial charge is 0.493 e. The first-order valence-corrected chi connectivity index (χ1v) is 8.35. The summed E-state index contributed by atoms with van der Waals surface area (Å²) in [5.41, 5.74) is 6.77. The van der Waals surface area contributed by atoms with Crippen LogP contribution >= 0.6 is 0 Å². The van der Waals surface area contributed by atoms with E-state index in [-0.39, 0.29) is 42.6 Å². The molecule has 8 nitrogen and oxygen atoms in total. The summed E-state index contributed by atoms with van der Waals surface area (Å²) in [7, 11) is 1.47. The molecular formula is C19H22N2O6. The lowest BCUT2D eigenvalue weighted by atomic mass is 9.83. The topological polar surface area (TPSA) is 124 Å². The van der Waals surface area contributed by atoms with E-state index in [0.717, 1.165) is 0 Å². The van der Waals surface area contributed by atoms with Crippen LogP contribution in [0.25, 0.3) is 0 Å². The molecule has 1 aromatic rings. The number of benzene rings is 1. The van der Waals surface area contributed by atoms with Crippen LogP contribution in [0.1, 0.15) is 25.3 Å². The lowest BCUT2D eigenvalue weighted by molar-refractivity contribution is -0.139. The van der Waals surface area contributed by atoms with Crippen LogP contribution < -0.4 is 15.2 Å². The third-order valence-electron chi connectivity index (χ3n) is 3.97. The van der Waals surface area contributed by atoms with Gasteiger partial charge in [-0.3, -0.25) is 0 Å². The number of nitriles is 1. The van der Waals surface area contributed by atoms with Gasteiger partial charge in [-0.15, -0.1) is 0 Å². The molecule has 2 rings (SSSR count). The second kappa shape index (κ2) is 8.96. The molecule has 0 aromatic heterocycles. The Morgan fingerprint density at radius 3 is 2.74 bits per heavy atom. The minimum atomic E-state index is -0.761. The van der Waals surface area contributed by atoms with Gasteiger partial charge in [-0.2, -0.15) is 5.26 Å². The summed E-state index contributed by atoms with van der Waals surface area (Å²) >= 11 is 0. The third-order valence-corrected chi connectivity index (χ3v) is 3.97. The number of carbonyl (C=O) groups is 1. The minimum absolute atomic E-state index is 0.0624. The van der Waals surface area contributed by atoms with Crippen molar-refractivity contribution >= 4 is 5.97 Å². The van der Waals surface area contributed by atoms with Crippen LogP contribution in [-0.2, 0) is 14.3 Å². The van der Waals surface area contributed by atoms with Gasteiger partial charge >= 0.3 is 5.97 Å². The van der Waals surface area contributed by atoms with Gasteiger partial charge in [0.15, 0.2) is 11.5 Å². The van der Waals surface area contributed by atoms with Crippen LogP contribution in [0.2, 0.25) is 0 Å². The smallest absolute Gasteiger partial charge is 0.338 e. The van der Waals surface area contributed by atoms with Crippen molar-refractivity contribution in [1.29, 1.82) is 5.26 Å². The van der Waals surface area contributed by atoms with Gasteiger partial charge in [0.2, 0.25) is 5.88 Å². The SMILES string of the molecule is CCOC(=O)C1=C(C)OC(N)=C(C#N)C1c1ccc(OCCO)c(OC)c1. The van der Waals surface area contributed by atoms with E-state index in [9.17, 15) is 10.1 Å². The van der Waals surface area contributed by atoms with E-state index in [0.29, 0.717) is 17.1 Å². The Labute approximate surface area is 157 Å². The average molecular weight is 374 g/mol. The predicted octanol–water partition coefficient (Wildman–Crippen LogP) is 1.71. The number of allylic oxidation sites excluding steroid dienone is 2. The summed E-state index contributed by atoms with van der Waals surface area (Å²) in [6.45, 7) is 3.43. The molecule has 1 aliphatic rings. The van der Waals surface area contributed by atoms with Crippen LogP contribution in [-0.4, -0.2) is 38.0 Å². The molecule has 0 fully saturated rings. The van der Waals surface area contributed by atoms with Crippen molar-refractivity contribution in [3.63, 3.8) is 0 Å². The van der Waals surface area contributed by atoms with Crippen molar-refractivity contribution in [3.05, 3.63) is 46.6 Å². The van der Waals surface area contributed by atoms with Crippen LogP contribution in [0, 0.1) is 11.3 Å². The van der Waals surface area contributed by atoms with E-state index in [4.69, 9.17) is 29.8 Å². The second-order valence-electron chi connectivity index (χ2n) is 5.60. The Morgan fingerprint density at radius 1 is 1.41 bits per heavy atom. The Morgan fingerprint density at radius 2 is 2.15 bits per heavy atom. The number of carbonyl (C=O) groups excluding carboxylic acids is 1. The van der Waals surface area contributed by atoms with Gasteiger partial charge in [0.1, 0.15) is 24.0 Å². The normalized spacial score (nSPS) is 16.5. The van der Waals surface area contributed by atoms with Gasteiger partial charge in [-0.05, 0) is 31.5 Å². The highest BCUT2D eigenvalue weighted by molar-refractivity contribution is 5.92. The van der Waals surface area contributed by atoms with Gasteiger partial charge < -0.3 is 29.8 Å². The maximum atomic E-state index is 12.5. The predicted molar refractivity (Wildman–Crippen MR) is 95.6 cm³/mol. The minimum Gasteiger partial charge on any atom is -0.493 e. The van der Waals surface area contributed by atoms with Crippen LogP contribution in [0.5, 0.6) is 11.5 Å². The molecule has 8 heteroatoms. The molecule has 1 atom stereocenters. The number of nitrogens with zero attached hydrogens (tertiary/aromatic N) is 1. The van der Waals surface area contributed by atoms with Crippen LogP contribution in [0.4, 0.5) is 0 Å². The van der Waals surface area contributed by atoms with Crippen molar-refractivity contribution in [1.82, 2.24) is 0 Å². The van der Waals surface area contributed by atoms with Gasteiger partial charge in [-0.25, -0.2) is 4.79 Å². The highest BCUT2D eigenvalue weighted by atomic mass is 16.5. The Bertz CT molecular complexity index is 822. The number of ether oxygens (including phenoxy) is 4. The molecule has 1 heterocycles. The average Bonchev–Trinajstić information content (AvgIpc) is 2.65. The van der Waals surface area contributed by atoms with Gasteiger partial charge in [0, 0.05) is 0 Å². The first-order chi connectivity index (χ1) is 13.0. The Balaban J connectivity index is 2.57. The Kier molecular flexibility index (Phi) is 6.68. The summed E-state index contributed by atoms with van der Waals surface area (Å²) in [5.74, 6) is -0.314. The lowest BCUT2D eigenvalue weighted by Gasteiger charge is -2.27. The molecule has 144 valence electrons. The van der Waals surface area contributed by atoms with E-state index in [1.165, 1.54) is 7.11 Å². The highest BCUT2D eigenvalue weighted by Gasteiger charge is 2.36. The molecule has 0 aliphatic carbocycles. The van der Waals surface area contributed by atoms with Crippen molar-refractivity contribution in [3.8, 4) is 17.6 Å². The monoisotopic (exact) mass is 374 g/mol. The van der Waals surface area contributed by atoms with Crippen LogP contribution in [0.3, 0.4) is 0 Å². The molecule has 0 saturated carbocycles. The summed E-state index contributed by atoms with van der Waals surface area (Å²) in [5, 5.41) is 18.5. The van der Waals surface area contributed by atoms with E-state index in [1.54, 1.807) is 32.0 Å². The van der Waals surface area contributed by atoms with E-state index in [1.807, 2.05) is 6.07 Å². The Hall–Kier alpha value is -3.18. The molecular weight excluding hydrogens is 352 g/mol. The molecule has 27 heavy (non-hydrogen) atoms. The van der Waals surface area contributed by atoms with Crippen LogP contribution in [0.15, 0.2) is 41.0 Å². The van der Waals surface area contributed by atoms with Gasteiger partial charge in [0.25, 0.3) is 0 Å². The summed E-state index contributed by atoms with van der Waals surface area (Å²) < 4.78 is 21.3. The number of methoxy groups -OCH3 is 1. The third kappa shape index (κ3) is 4.15. The number of aliphatic hydroxyl groups is 1. The van der Waals surface area contributed by atoms with Crippen molar-refractivity contribution in [2.75, 3.05) is 26.9 Å². The van der Waals surface area contributed by atoms with E-state index < -0.39 is 11.9 Å². The number of aliphatic hydroxyl groups excluding tert-OH is 1. The summed E-state index contributed by atoms with van der Waals surface area (Å²) in [4.78, 5) is 12.5. The zero-order chi connectivity index (χ0) is 20.0. The zero-order valence-electron chi connectivity index (χ0n) is 15.4. The maximum Gasteiger partial charge on any atom is 0.338 e. The first-order valence-electron chi connectivity index (χ1n) is 8.35. The summed E-state index contributed by atoms with van der Waals surface area (Å²) in [6.07, 6.45) is 0. The highest BCUT2D eigenvalue weighted by Crippen LogP contribution is 2.42. The van der Waals surface area contributed by atoms with Crippen molar-refractivity contribution < 1.29 is 28.8 Å². The van der Waals surface area contributed by atoms with Crippen molar-refractivity contribution in [2.45, 2.75) is 19.8 Å². The second-order valence-corrected chi connectivity index (χ2v) is 5.60. The molecule has 0 saturated heterocycles. The molecule has 1 aliphatic heterocycles. The lowest BCUT2D eigenvalue weighted by Crippen LogP contribution is -2.25. The molecule has 0 spiro atoms.